The van der Waals surface area contributed by atoms with Crippen LogP contribution in [0.4, 0.5) is 0 Å². The lowest BCUT2D eigenvalue weighted by molar-refractivity contribution is 1.68. The first-order chi connectivity index (χ1) is 9.26. The van der Waals surface area contributed by atoms with E-state index in [-0.39, 0.29) is 0 Å². The summed E-state index contributed by atoms with van der Waals surface area (Å²) in [6.07, 6.45) is 3.83. The first kappa shape index (κ1) is 12.2. The first-order valence-corrected chi connectivity index (χ1v) is 6.94. The second kappa shape index (κ2) is 4.67. The molecule has 0 amide bonds. The van der Waals surface area contributed by atoms with Crippen LogP contribution in [0, 0.1) is 0 Å². The van der Waals surface area contributed by atoms with Crippen molar-refractivity contribution < 1.29 is 0 Å². The molecule has 0 radical (unpaired) electrons. The number of fused-ring (bicyclic) bond motifs is 3. The van der Waals surface area contributed by atoms with Gasteiger partial charge in [0, 0.05) is 4.47 Å². The van der Waals surface area contributed by atoms with Crippen LogP contribution in [0.2, 0.25) is 0 Å². The van der Waals surface area contributed by atoms with Crippen LogP contribution in [-0.4, -0.2) is 0 Å². The lowest BCUT2D eigenvalue weighted by atomic mass is 9.92. The van der Waals surface area contributed by atoms with Crippen molar-refractivity contribution in [3.05, 3.63) is 71.2 Å². The van der Waals surface area contributed by atoms with Gasteiger partial charge in [0.2, 0.25) is 0 Å². The first-order valence-electron chi connectivity index (χ1n) is 6.15. The van der Waals surface area contributed by atoms with E-state index < -0.39 is 0 Å². The minimum atomic E-state index is 1.08. The van der Waals surface area contributed by atoms with Gasteiger partial charge in [-0.2, -0.15) is 0 Å². The lowest BCUT2D eigenvalue weighted by Crippen LogP contribution is -1.88. The molecule has 0 bridgehead atoms. The third-order valence-electron chi connectivity index (χ3n) is 3.48. The number of hydrogen-bond acceptors (Lipinski definition) is 0. The van der Waals surface area contributed by atoms with Gasteiger partial charge in [0.25, 0.3) is 0 Å². The second-order valence-electron chi connectivity index (χ2n) is 4.47. The van der Waals surface area contributed by atoms with Crippen LogP contribution in [-0.2, 0) is 0 Å². The molecule has 19 heavy (non-hydrogen) atoms. The molecule has 0 spiro atoms. The van der Waals surface area contributed by atoms with Gasteiger partial charge < -0.3 is 0 Å². The minimum absolute atomic E-state index is 1.08. The summed E-state index contributed by atoms with van der Waals surface area (Å²) < 4.78 is 1.08. The van der Waals surface area contributed by atoms with E-state index in [1.165, 1.54) is 21.5 Å². The summed E-state index contributed by atoms with van der Waals surface area (Å²) in [6.45, 7) is 7.92. The number of rotatable bonds is 2. The fourth-order valence-corrected chi connectivity index (χ4v) is 3.02. The summed E-state index contributed by atoms with van der Waals surface area (Å²) >= 11 is 3.55. The predicted molar refractivity (Wildman–Crippen MR) is 89.3 cm³/mol. The molecule has 0 heterocycles. The Bertz CT molecular complexity index is 813. The van der Waals surface area contributed by atoms with Crippen LogP contribution in [0.3, 0.4) is 0 Å². The van der Waals surface area contributed by atoms with Crippen LogP contribution in [0.1, 0.15) is 11.1 Å². The minimum Gasteiger partial charge on any atom is -0.0984 e. The molecule has 0 saturated heterocycles. The molecule has 0 aliphatic heterocycles. The average Bonchev–Trinajstić information content (AvgIpc) is 2.45. The van der Waals surface area contributed by atoms with Crippen molar-refractivity contribution in [3.8, 4) is 0 Å². The maximum atomic E-state index is 3.96. The molecule has 0 N–H and O–H groups in total. The summed E-state index contributed by atoms with van der Waals surface area (Å²) in [5.41, 5.74) is 2.29. The largest absolute Gasteiger partial charge is 0.0984 e. The van der Waals surface area contributed by atoms with Gasteiger partial charge in [-0.1, -0.05) is 71.6 Å². The number of hydrogen-bond donors (Lipinski definition) is 0. The summed E-state index contributed by atoms with van der Waals surface area (Å²) in [4.78, 5) is 0. The predicted octanol–water partition coefficient (Wildman–Crippen LogP) is 6.04. The van der Waals surface area contributed by atoms with Gasteiger partial charge in [-0.05, 0) is 44.8 Å². The van der Waals surface area contributed by atoms with E-state index in [1.807, 2.05) is 12.2 Å². The molecule has 0 aliphatic rings. The van der Waals surface area contributed by atoms with E-state index in [2.05, 4.69) is 71.6 Å². The highest BCUT2D eigenvalue weighted by molar-refractivity contribution is 9.10. The Kier molecular flexibility index (Phi) is 3.00. The second-order valence-corrected chi connectivity index (χ2v) is 5.39. The molecular weight excluding hydrogens is 296 g/mol. The fraction of sp³-hybridized carbons (Fsp3) is 0. The third kappa shape index (κ3) is 1.82. The molecule has 92 valence electrons. The molecule has 3 aromatic rings. The Labute approximate surface area is 121 Å². The molecular formula is C18H13Br. The van der Waals surface area contributed by atoms with Crippen LogP contribution >= 0.6 is 15.9 Å². The highest BCUT2D eigenvalue weighted by Crippen LogP contribution is 2.35. The molecule has 0 aromatic heterocycles. The van der Waals surface area contributed by atoms with Gasteiger partial charge >= 0.3 is 0 Å². The van der Waals surface area contributed by atoms with E-state index in [9.17, 15) is 0 Å². The summed E-state index contributed by atoms with van der Waals surface area (Å²) in [7, 11) is 0. The average molecular weight is 309 g/mol. The van der Waals surface area contributed by atoms with E-state index >= 15 is 0 Å². The molecule has 1 heteroatoms. The van der Waals surface area contributed by atoms with Crippen molar-refractivity contribution in [2.75, 3.05) is 0 Å². The van der Waals surface area contributed by atoms with Gasteiger partial charge in [-0.25, -0.2) is 0 Å². The fourth-order valence-electron chi connectivity index (χ4n) is 2.66. The van der Waals surface area contributed by atoms with Crippen molar-refractivity contribution in [1.82, 2.24) is 0 Å². The summed E-state index contributed by atoms with van der Waals surface area (Å²) in [5, 5.41) is 4.94. The topological polar surface area (TPSA) is 0 Å². The normalized spacial score (nSPS) is 10.8. The van der Waals surface area contributed by atoms with Crippen molar-refractivity contribution in [1.29, 1.82) is 0 Å². The van der Waals surface area contributed by atoms with Crippen molar-refractivity contribution in [3.63, 3.8) is 0 Å². The molecule has 3 aromatic carbocycles. The third-order valence-corrected chi connectivity index (χ3v) is 3.97. The Morgan fingerprint density at radius 1 is 0.737 bits per heavy atom. The zero-order chi connectivity index (χ0) is 13.4. The van der Waals surface area contributed by atoms with E-state index in [4.69, 9.17) is 0 Å². The Hall–Kier alpha value is -1.86. The van der Waals surface area contributed by atoms with E-state index in [0.29, 0.717) is 0 Å². The van der Waals surface area contributed by atoms with Gasteiger partial charge in [-0.3, -0.25) is 0 Å². The van der Waals surface area contributed by atoms with Gasteiger partial charge in [0.1, 0.15) is 0 Å². The molecule has 0 aliphatic carbocycles. The van der Waals surface area contributed by atoms with Crippen LogP contribution < -0.4 is 0 Å². The summed E-state index contributed by atoms with van der Waals surface area (Å²) in [5.74, 6) is 0. The van der Waals surface area contributed by atoms with Crippen molar-refractivity contribution >= 4 is 49.6 Å². The maximum Gasteiger partial charge on any atom is 0.0181 e. The standard InChI is InChI=1S/C18H13Br/c1-3-13-14(4-2)18-11-12(19)9-10-17(18)16-8-6-5-7-15(13)16/h3-11H,1-2H2. The van der Waals surface area contributed by atoms with Crippen molar-refractivity contribution in [2.45, 2.75) is 0 Å². The highest BCUT2D eigenvalue weighted by Gasteiger charge is 2.10. The molecule has 0 nitrogen and oxygen atoms in total. The van der Waals surface area contributed by atoms with Crippen LogP contribution in [0.25, 0.3) is 33.7 Å². The molecule has 3 rings (SSSR count). The lowest BCUT2D eigenvalue weighted by Gasteiger charge is -2.13. The molecule has 0 unspecified atom stereocenters. The van der Waals surface area contributed by atoms with Gasteiger partial charge in [-0.15, -0.1) is 0 Å². The Balaban J connectivity index is 2.68. The zero-order valence-corrected chi connectivity index (χ0v) is 12.1. The molecule has 0 fully saturated rings. The molecule has 0 saturated carbocycles. The molecule has 0 atom stereocenters. The quantitative estimate of drug-likeness (QED) is 0.506. The Morgan fingerprint density at radius 2 is 1.32 bits per heavy atom. The zero-order valence-electron chi connectivity index (χ0n) is 10.5. The van der Waals surface area contributed by atoms with E-state index in [1.54, 1.807) is 0 Å². The maximum absolute atomic E-state index is 3.96. The monoisotopic (exact) mass is 308 g/mol. The van der Waals surface area contributed by atoms with Gasteiger partial charge in [0.05, 0.1) is 0 Å². The van der Waals surface area contributed by atoms with Crippen molar-refractivity contribution in [2.24, 2.45) is 0 Å². The smallest absolute Gasteiger partial charge is 0.0181 e. The summed E-state index contributed by atoms with van der Waals surface area (Å²) in [6, 6.07) is 14.8. The van der Waals surface area contributed by atoms with Crippen LogP contribution in [0.5, 0.6) is 0 Å². The highest BCUT2D eigenvalue weighted by atomic mass is 79.9. The van der Waals surface area contributed by atoms with Gasteiger partial charge in [0.15, 0.2) is 0 Å². The van der Waals surface area contributed by atoms with Crippen LogP contribution in [0.15, 0.2) is 60.1 Å². The number of benzene rings is 3. The Morgan fingerprint density at radius 3 is 2.00 bits per heavy atom. The SMILES string of the molecule is C=Cc1c(C=C)c2cc(Br)ccc2c2ccccc12. The van der Waals surface area contributed by atoms with E-state index in [0.717, 1.165) is 15.6 Å². The number of halogens is 1.